The zero-order valence-electron chi connectivity index (χ0n) is 19.8. The van der Waals surface area contributed by atoms with Crippen LogP contribution in [0.5, 0.6) is 11.5 Å². The predicted octanol–water partition coefficient (Wildman–Crippen LogP) is 2.64. The number of nitrogens with zero attached hydrogens (tertiary/aromatic N) is 3. The Balaban J connectivity index is 1.47. The molecule has 2 aromatic heterocycles. The van der Waals surface area contributed by atoms with Gasteiger partial charge in [0.1, 0.15) is 30.3 Å². The van der Waals surface area contributed by atoms with Crippen molar-refractivity contribution in [1.29, 1.82) is 0 Å². The second-order valence-electron chi connectivity index (χ2n) is 8.81. The molecule has 0 amide bonds. The second-order valence-corrected chi connectivity index (χ2v) is 9.90. The number of rotatable bonds is 8. The number of fused-ring (bicyclic) bond motifs is 3. The summed E-state index contributed by atoms with van der Waals surface area (Å²) in [5.41, 5.74) is 2.63. The number of benzene rings is 1. The molecular weight excluding hydrogens is 436 g/mol. The van der Waals surface area contributed by atoms with E-state index in [9.17, 15) is 0 Å². The summed E-state index contributed by atoms with van der Waals surface area (Å²) >= 11 is 1.87. The van der Waals surface area contributed by atoms with Gasteiger partial charge >= 0.3 is 0 Å². The van der Waals surface area contributed by atoms with Gasteiger partial charge in [0.25, 0.3) is 0 Å². The van der Waals surface area contributed by atoms with Crippen LogP contribution in [0.4, 0.5) is 5.82 Å². The lowest BCUT2D eigenvalue weighted by atomic mass is 10.1. The number of methoxy groups -OCH3 is 1. The average molecular weight is 470 g/mol. The van der Waals surface area contributed by atoms with Gasteiger partial charge in [0, 0.05) is 18.5 Å². The van der Waals surface area contributed by atoms with Gasteiger partial charge in [-0.15, -0.1) is 11.3 Å². The Kier molecular flexibility index (Phi) is 6.66. The molecule has 1 fully saturated rings. The first-order valence-corrected chi connectivity index (χ1v) is 12.7. The Morgan fingerprint density at radius 1 is 1.15 bits per heavy atom. The number of anilines is 1. The van der Waals surface area contributed by atoms with Gasteiger partial charge < -0.3 is 24.0 Å². The molecule has 1 aliphatic heterocycles. The van der Waals surface area contributed by atoms with Crippen LogP contribution in [0.3, 0.4) is 0 Å². The van der Waals surface area contributed by atoms with Crippen LogP contribution in [0.1, 0.15) is 35.2 Å². The summed E-state index contributed by atoms with van der Waals surface area (Å²) in [4.78, 5) is 16.6. The molecule has 3 aromatic rings. The van der Waals surface area contributed by atoms with Crippen molar-refractivity contribution in [3.05, 3.63) is 40.0 Å². The van der Waals surface area contributed by atoms with Gasteiger partial charge in [-0.25, -0.2) is 9.97 Å². The fourth-order valence-corrected chi connectivity index (χ4v) is 6.14. The Morgan fingerprint density at radius 2 is 2.00 bits per heavy atom. The standard InChI is InChI=1S/C25H32N4O3S/c1-4-32-19-9-8-17(14-20(19)30-3)15-28(2)24-23-18-6-5-7-21(18)33-25(23)27-22(26-24)16-29-10-12-31-13-11-29/h8-9,14H,4-7,10-13,15-16H2,1-3H3/p+1. The molecule has 5 rings (SSSR count). The predicted molar refractivity (Wildman–Crippen MR) is 131 cm³/mol. The van der Waals surface area contributed by atoms with Crippen molar-refractivity contribution in [3.63, 3.8) is 0 Å². The van der Waals surface area contributed by atoms with E-state index in [1.807, 2.05) is 24.3 Å². The van der Waals surface area contributed by atoms with Crippen LogP contribution < -0.4 is 19.3 Å². The number of ether oxygens (including phenoxy) is 3. The van der Waals surface area contributed by atoms with Gasteiger partial charge in [-0.1, -0.05) is 6.07 Å². The molecule has 0 atom stereocenters. The summed E-state index contributed by atoms with van der Waals surface area (Å²) in [6, 6.07) is 6.17. The lowest BCUT2D eigenvalue weighted by Gasteiger charge is -2.24. The van der Waals surface area contributed by atoms with Gasteiger partial charge in [-0.3, -0.25) is 0 Å². The van der Waals surface area contributed by atoms with Crippen molar-refractivity contribution < 1.29 is 19.1 Å². The van der Waals surface area contributed by atoms with Crippen molar-refractivity contribution in [2.45, 2.75) is 39.3 Å². The Labute approximate surface area is 199 Å². The highest BCUT2D eigenvalue weighted by atomic mass is 32.1. The number of hydrogen-bond acceptors (Lipinski definition) is 7. The molecule has 8 heteroatoms. The smallest absolute Gasteiger partial charge is 0.187 e. The quantitative estimate of drug-likeness (QED) is 0.547. The zero-order valence-corrected chi connectivity index (χ0v) is 20.6. The maximum absolute atomic E-state index is 5.69. The van der Waals surface area contributed by atoms with Crippen LogP contribution in [0, 0.1) is 0 Å². The zero-order chi connectivity index (χ0) is 22.8. The van der Waals surface area contributed by atoms with E-state index in [1.165, 1.54) is 33.6 Å². The molecule has 0 saturated carbocycles. The normalized spacial score (nSPS) is 16.2. The maximum Gasteiger partial charge on any atom is 0.187 e. The van der Waals surface area contributed by atoms with Crippen molar-refractivity contribution in [2.24, 2.45) is 0 Å². The Hall–Kier alpha value is -2.42. The molecule has 1 saturated heterocycles. The van der Waals surface area contributed by atoms with Gasteiger partial charge in [0.15, 0.2) is 17.3 Å². The molecule has 0 spiro atoms. The molecule has 3 heterocycles. The highest BCUT2D eigenvalue weighted by molar-refractivity contribution is 7.19. The molecule has 33 heavy (non-hydrogen) atoms. The molecule has 7 nitrogen and oxygen atoms in total. The minimum absolute atomic E-state index is 0.617. The van der Waals surface area contributed by atoms with Crippen molar-refractivity contribution in [2.75, 3.05) is 52.0 Å². The minimum atomic E-state index is 0.617. The number of nitrogens with one attached hydrogen (secondary N) is 1. The number of morpholine rings is 1. The summed E-state index contributed by atoms with van der Waals surface area (Å²) in [5.74, 6) is 3.53. The number of thiophene rings is 1. The van der Waals surface area contributed by atoms with Crippen LogP contribution in [-0.2, 0) is 30.7 Å². The van der Waals surface area contributed by atoms with E-state index >= 15 is 0 Å². The van der Waals surface area contributed by atoms with E-state index in [0.717, 1.165) is 79.3 Å². The largest absolute Gasteiger partial charge is 0.493 e. The molecule has 2 aliphatic rings. The first-order chi connectivity index (χ1) is 16.2. The number of aryl methyl sites for hydroxylation is 2. The van der Waals surface area contributed by atoms with E-state index in [1.54, 1.807) is 7.11 Å². The molecule has 1 N–H and O–H groups in total. The third kappa shape index (κ3) is 4.65. The van der Waals surface area contributed by atoms with Crippen molar-refractivity contribution >= 4 is 27.4 Å². The summed E-state index contributed by atoms with van der Waals surface area (Å²) in [5, 5.41) is 1.26. The molecule has 0 bridgehead atoms. The Bertz CT molecular complexity index is 1130. The van der Waals surface area contributed by atoms with E-state index in [0.29, 0.717) is 6.61 Å². The summed E-state index contributed by atoms with van der Waals surface area (Å²) in [6.07, 6.45) is 3.53. The molecule has 0 unspecified atom stereocenters. The summed E-state index contributed by atoms with van der Waals surface area (Å²) < 4.78 is 16.8. The number of aromatic nitrogens is 2. The van der Waals surface area contributed by atoms with E-state index in [-0.39, 0.29) is 0 Å². The van der Waals surface area contributed by atoms with Gasteiger partial charge in [-0.2, -0.15) is 0 Å². The van der Waals surface area contributed by atoms with Crippen LogP contribution in [-0.4, -0.2) is 57.0 Å². The minimum Gasteiger partial charge on any atom is -0.493 e. The lowest BCUT2D eigenvalue weighted by molar-refractivity contribution is -0.922. The first-order valence-electron chi connectivity index (χ1n) is 11.9. The van der Waals surface area contributed by atoms with Crippen LogP contribution >= 0.6 is 11.3 Å². The van der Waals surface area contributed by atoms with Crippen LogP contribution in [0.25, 0.3) is 10.2 Å². The highest BCUT2D eigenvalue weighted by Gasteiger charge is 2.25. The second kappa shape index (κ2) is 9.83. The van der Waals surface area contributed by atoms with E-state index < -0.39 is 0 Å². The van der Waals surface area contributed by atoms with Crippen molar-refractivity contribution in [1.82, 2.24) is 9.97 Å². The molecule has 1 aromatic carbocycles. The number of hydrogen-bond donors (Lipinski definition) is 1. The molecule has 0 radical (unpaired) electrons. The van der Waals surface area contributed by atoms with E-state index in [4.69, 9.17) is 24.2 Å². The van der Waals surface area contributed by atoms with Crippen LogP contribution in [0.15, 0.2) is 18.2 Å². The first kappa shape index (κ1) is 22.4. The molecule has 176 valence electrons. The fraction of sp³-hybridized carbons (Fsp3) is 0.520. The van der Waals surface area contributed by atoms with Gasteiger partial charge in [0.05, 0.1) is 32.3 Å². The fourth-order valence-electron chi connectivity index (χ4n) is 4.87. The van der Waals surface area contributed by atoms with Crippen LogP contribution in [0.2, 0.25) is 0 Å². The lowest BCUT2D eigenvalue weighted by Crippen LogP contribution is -3.12. The van der Waals surface area contributed by atoms with Crippen molar-refractivity contribution in [3.8, 4) is 11.5 Å². The SMILES string of the molecule is CCOc1ccc(CN(C)c2nc(C[NH+]3CCOCC3)nc3sc4c(c23)CCC4)cc1OC. The van der Waals surface area contributed by atoms with Gasteiger partial charge in [0.2, 0.25) is 0 Å². The number of quaternary nitrogens is 1. The molecular formula is C25H33N4O3S+. The molecule has 1 aliphatic carbocycles. The van der Waals surface area contributed by atoms with Gasteiger partial charge in [-0.05, 0) is 49.4 Å². The summed E-state index contributed by atoms with van der Waals surface area (Å²) in [7, 11) is 3.82. The third-order valence-corrected chi connectivity index (χ3v) is 7.69. The average Bonchev–Trinajstić information content (AvgIpc) is 3.41. The third-order valence-electron chi connectivity index (χ3n) is 6.51. The maximum atomic E-state index is 5.69. The highest BCUT2D eigenvalue weighted by Crippen LogP contribution is 2.40. The van der Waals surface area contributed by atoms with E-state index in [2.05, 4.69) is 24.1 Å². The topological polar surface area (TPSA) is 61.2 Å². The monoisotopic (exact) mass is 469 g/mol. The Morgan fingerprint density at radius 3 is 2.79 bits per heavy atom. The summed E-state index contributed by atoms with van der Waals surface area (Å²) in [6.45, 7) is 7.85.